The van der Waals surface area contributed by atoms with Crippen LogP contribution in [-0.2, 0) is 4.74 Å². The van der Waals surface area contributed by atoms with Gasteiger partial charge in [0.1, 0.15) is 0 Å². The first-order chi connectivity index (χ1) is 9.29. The first-order valence-electron chi connectivity index (χ1n) is 6.34. The number of carbonyl (C=O) groups excluding carboxylic acids is 1. The van der Waals surface area contributed by atoms with E-state index in [0.717, 1.165) is 24.5 Å². The summed E-state index contributed by atoms with van der Waals surface area (Å²) in [4.78, 5) is 12.8. The smallest absolute Gasteiger partial charge is 0.252 e. The molecule has 1 aromatic heterocycles. The molecule has 102 valence electrons. The van der Waals surface area contributed by atoms with Gasteiger partial charge in [-0.15, -0.1) is 11.3 Å². The standard InChI is InChI=1S/C14H17NO3S/c16-5-2-1-3-13-7-12(10-19-13)14(17)15-8-11-4-6-18-9-11/h7,10-11,16H,2,4-6,8-9H2,(H,15,17). The van der Waals surface area contributed by atoms with E-state index < -0.39 is 0 Å². The van der Waals surface area contributed by atoms with Crippen molar-refractivity contribution in [2.75, 3.05) is 26.4 Å². The lowest BCUT2D eigenvalue weighted by molar-refractivity contribution is 0.0945. The van der Waals surface area contributed by atoms with Crippen molar-refractivity contribution in [1.29, 1.82) is 0 Å². The molecule has 4 nitrogen and oxygen atoms in total. The van der Waals surface area contributed by atoms with Crippen molar-refractivity contribution in [1.82, 2.24) is 5.32 Å². The van der Waals surface area contributed by atoms with Gasteiger partial charge in [-0.25, -0.2) is 0 Å². The number of thiophene rings is 1. The minimum absolute atomic E-state index is 0.0571. The average Bonchev–Trinajstić information content (AvgIpc) is 3.07. The van der Waals surface area contributed by atoms with Crippen LogP contribution in [0, 0.1) is 17.8 Å². The molecule has 1 amide bonds. The fourth-order valence-electron chi connectivity index (χ4n) is 1.81. The molecule has 0 saturated carbocycles. The van der Waals surface area contributed by atoms with Crippen molar-refractivity contribution in [2.24, 2.45) is 5.92 Å². The maximum absolute atomic E-state index is 11.9. The van der Waals surface area contributed by atoms with Crippen LogP contribution in [0.4, 0.5) is 0 Å². The Bertz CT molecular complexity index is 480. The van der Waals surface area contributed by atoms with Crippen LogP contribution in [0.25, 0.3) is 0 Å². The van der Waals surface area contributed by atoms with Gasteiger partial charge >= 0.3 is 0 Å². The number of carbonyl (C=O) groups is 1. The Balaban J connectivity index is 1.83. The molecule has 2 rings (SSSR count). The lowest BCUT2D eigenvalue weighted by Gasteiger charge is -2.08. The van der Waals surface area contributed by atoms with Crippen LogP contribution in [0.3, 0.4) is 0 Å². The molecule has 1 aromatic rings. The predicted octanol–water partition coefficient (Wildman–Crippen LogP) is 1.25. The molecule has 0 aromatic carbocycles. The first-order valence-corrected chi connectivity index (χ1v) is 7.22. The van der Waals surface area contributed by atoms with E-state index in [4.69, 9.17) is 9.84 Å². The number of amides is 1. The quantitative estimate of drug-likeness (QED) is 0.816. The molecule has 0 bridgehead atoms. The number of hydrogen-bond acceptors (Lipinski definition) is 4. The Labute approximate surface area is 116 Å². The summed E-state index contributed by atoms with van der Waals surface area (Å²) in [5.41, 5.74) is 0.650. The van der Waals surface area contributed by atoms with Gasteiger partial charge in [0.05, 0.1) is 23.7 Å². The highest BCUT2D eigenvalue weighted by atomic mass is 32.1. The number of nitrogens with one attached hydrogen (secondary N) is 1. The fourth-order valence-corrected chi connectivity index (χ4v) is 2.56. The number of aliphatic hydroxyl groups is 1. The van der Waals surface area contributed by atoms with E-state index in [2.05, 4.69) is 17.2 Å². The number of rotatable bonds is 4. The largest absolute Gasteiger partial charge is 0.395 e. The van der Waals surface area contributed by atoms with Gasteiger partial charge in [0.25, 0.3) is 5.91 Å². The lowest BCUT2D eigenvalue weighted by Crippen LogP contribution is -2.29. The third-order valence-electron chi connectivity index (χ3n) is 2.89. The molecule has 1 saturated heterocycles. The van der Waals surface area contributed by atoms with Crippen LogP contribution in [0.1, 0.15) is 28.1 Å². The summed E-state index contributed by atoms with van der Waals surface area (Å²) in [6, 6.07) is 1.79. The minimum Gasteiger partial charge on any atom is -0.395 e. The minimum atomic E-state index is -0.0571. The summed E-state index contributed by atoms with van der Waals surface area (Å²) >= 11 is 1.45. The lowest BCUT2D eigenvalue weighted by atomic mass is 10.1. The summed E-state index contributed by atoms with van der Waals surface area (Å²) in [7, 11) is 0. The van der Waals surface area contributed by atoms with E-state index in [1.807, 2.05) is 5.38 Å². The summed E-state index contributed by atoms with van der Waals surface area (Å²) in [6.45, 7) is 2.26. The normalized spacial score (nSPS) is 17.8. The Kier molecular flexibility index (Phi) is 5.40. The van der Waals surface area contributed by atoms with Gasteiger partial charge in [0, 0.05) is 30.9 Å². The third-order valence-corrected chi connectivity index (χ3v) is 3.73. The molecule has 1 unspecified atom stereocenters. The zero-order valence-electron chi connectivity index (χ0n) is 10.6. The second kappa shape index (κ2) is 7.29. The molecule has 0 radical (unpaired) electrons. The van der Waals surface area contributed by atoms with Crippen LogP contribution >= 0.6 is 11.3 Å². The van der Waals surface area contributed by atoms with Gasteiger partial charge in [-0.2, -0.15) is 0 Å². The van der Waals surface area contributed by atoms with E-state index in [0.29, 0.717) is 24.4 Å². The zero-order valence-corrected chi connectivity index (χ0v) is 11.5. The maximum atomic E-state index is 11.9. The van der Waals surface area contributed by atoms with Crippen LogP contribution < -0.4 is 5.32 Å². The molecular weight excluding hydrogens is 262 g/mol. The summed E-state index contributed by atoms with van der Waals surface area (Å²) in [5, 5.41) is 13.4. The van der Waals surface area contributed by atoms with Gasteiger partial charge in [0.2, 0.25) is 0 Å². The Hall–Kier alpha value is -1.35. The van der Waals surface area contributed by atoms with Crippen molar-refractivity contribution >= 4 is 17.2 Å². The molecule has 0 aliphatic carbocycles. The average molecular weight is 279 g/mol. The van der Waals surface area contributed by atoms with Crippen molar-refractivity contribution in [3.63, 3.8) is 0 Å². The second-order valence-electron chi connectivity index (χ2n) is 4.41. The van der Waals surface area contributed by atoms with E-state index in [9.17, 15) is 4.79 Å². The summed E-state index contributed by atoms with van der Waals surface area (Å²) in [5.74, 6) is 6.15. The van der Waals surface area contributed by atoms with Gasteiger partial charge in [-0.3, -0.25) is 4.79 Å². The van der Waals surface area contributed by atoms with Crippen LogP contribution in [0.2, 0.25) is 0 Å². The second-order valence-corrected chi connectivity index (χ2v) is 5.33. The molecule has 1 aliphatic rings. The molecule has 2 heterocycles. The summed E-state index contributed by atoms with van der Waals surface area (Å²) in [6.07, 6.45) is 1.48. The molecule has 1 atom stereocenters. The highest BCUT2D eigenvalue weighted by Crippen LogP contribution is 2.14. The number of aliphatic hydroxyl groups excluding tert-OH is 1. The Morgan fingerprint density at radius 3 is 3.26 bits per heavy atom. The SMILES string of the molecule is O=C(NCC1CCOC1)c1csc(C#CCCO)c1. The van der Waals surface area contributed by atoms with E-state index >= 15 is 0 Å². The molecule has 1 fully saturated rings. The molecule has 0 spiro atoms. The summed E-state index contributed by atoms with van der Waals surface area (Å²) < 4.78 is 5.27. The van der Waals surface area contributed by atoms with Gasteiger partial charge in [-0.05, 0) is 12.5 Å². The van der Waals surface area contributed by atoms with Crippen LogP contribution in [0.5, 0.6) is 0 Å². The highest BCUT2D eigenvalue weighted by molar-refractivity contribution is 7.10. The van der Waals surface area contributed by atoms with Crippen molar-refractivity contribution in [3.8, 4) is 11.8 Å². The van der Waals surface area contributed by atoms with Crippen molar-refractivity contribution in [2.45, 2.75) is 12.8 Å². The van der Waals surface area contributed by atoms with Crippen molar-refractivity contribution < 1.29 is 14.6 Å². The van der Waals surface area contributed by atoms with E-state index in [1.165, 1.54) is 11.3 Å². The van der Waals surface area contributed by atoms with Crippen molar-refractivity contribution in [3.05, 3.63) is 21.9 Å². The predicted molar refractivity (Wildman–Crippen MR) is 74.2 cm³/mol. The van der Waals surface area contributed by atoms with Gasteiger partial charge < -0.3 is 15.2 Å². The number of ether oxygens (including phenoxy) is 1. The van der Waals surface area contributed by atoms with Gasteiger partial charge in [0.15, 0.2) is 0 Å². The Morgan fingerprint density at radius 2 is 2.53 bits per heavy atom. The number of hydrogen-bond donors (Lipinski definition) is 2. The third kappa shape index (κ3) is 4.35. The van der Waals surface area contributed by atoms with Crippen LogP contribution in [0.15, 0.2) is 11.4 Å². The molecule has 1 aliphatic heterocycles. The topological polar surface area (TPSA) is 58.6 Å². The van der Waals surface area contributed by atoms with E-state index in [1.54, 1.807) is 6.07 Å². The molecule has 5 heteroatoms. The van der Waals surface area contributed by atoms with Crippen LogP contribution in [-0.4, -0.2) is 37.4 Å². The molecule has 2 N–H and O–H groups in total. The molecule has 19 heavy (non-hydrogen) atoms. The van der Waals surface area contributed by atoms with E-state index in [-0.39, 0.29) is 12.5 Å². The zero-order chi connectivity index (χ0) is 13.5. The van der Waals surface area contributed by atoms with Gasteiger partial charge in [-0.1, -0.05) is 11.8 Å². The monoisotopic (exact) mass is 279 g/mol. The Morgan fingerprint density at radius 1 is 1.63 bits per heavy atom. The first kappa shape index (κ1) is 14.1. The fraction of sp³-hybridized carbons (Fsp3) is 0.500. The highest BCUT2D eigenvalue weighted by Gasteiger charge is 2.17. The molecular formula is C14H17NO3S. The maximum Gasteiger partial charge on any atom is 0.252 e.